The van der Waals surface area contributed by atoms with Gasteiger partial charge in [-0.1, -0.05) is 361 Å². The number of thioether (sulfide) groups is 8. The molecule has 0 aromatic heterocycles. The summed E-state index contributed by atoms with van der Waals surface area (Å²) in [4.78, 5) is 89.1. The molecule has 0 radical (unpaired) electrons. The molecule has 0 spiro atoms. The molecule has 3 N–H and O–H groups in total. The Labute approximate surface area is 778 Å². The Kier molecular flexibility index (Phi) is 81.8. The van der Waals surface area contributed by atoms with Crippen LogP contribution in [0.4, 0.5) is 0 Å². The highest BCUT2D eigenvalue weighted by Gasteiger charge is 2.39. The van der Waals surface area contributed by atoms with Crippen molar-refractivity contribution in [2.75, 3.05) is 49.4 Å². The van der Waals surface area contributed by atoms with Crippen molar-refractivity contribution in [2.24, 2.45) is 10.8 Å². The van der Waals surface area contributed by atoms with E-state index in [1.54, 1.807) is 74.7 Å². The van der Waals surface area contributed by atoms with Crippen LogP contribution < -0.4 is 16.0 Å². The zero-order valence-corrected chi connectivity index (χ0v) is 87.1. The maximum Gasteiger partial charge on any atom is 0.322 e. The first kappa shape index (κ1) is 121. The van der Waals surface area contributed by atoms with Crippen LogP contribution in [0.1, 0.15) is 407 Å². The van der Waals surface area contributed by atoms with Crippen molar-refractivity contribution in [2.45, 2.75) is 445 Å². The van der Waals surface area contributed by atoms with Gasteiger partial charge in [0.25, 0.3) is 0 Å². The maximum atomic E-state index is 13.3. The fraction of sp³-hybridized carbons (Fsp3) is 0.859. The van der Waals surface area contributed by atoms with Crippen LogP contribution in [0, 0.1) is 10.8 Å². The first-order valence-corrected chi connectivity index (χ1v) is 54.6. The van der Waals surface area contributed by atoms with Gasteiger partial charge in [0, 0.05) is 31.0 Å². The summed E-state index contributed by atoms with van der Waals surface area (Å²) in [6, 6.07) is 0.123. The standard InChI is InChI=1S/C49H90N2O6S6.C37H68O4S6.C6H11NO/c1-11-13-15-17-19-21-23-25-27-29-34-60-46(58)62-40(42(52)50-38(3)4)36-48(7,8)44(54)56-32-31-33-57-45(55)49(9,10)37-41(43(53)51-39(5)6)63-47(59)61-35-30-28-26-24-22-20-18-16-14-12-2;1-7-9-11-13-15-17-19-21-23-25-30-44-34(42)46-36(3,4)32(38)40-28-27-29-41-33(39)37(5,6)47-35(43)45-31-26-24-22-20-18-16-14-12-10-8-2;1-4-6(8)7-5(2)3/h38-41H,11-37H2,1-10H3,(H,50,52)(H,51,53);7-31H2,1-6H3;4-5H,1H2,2-3H3,(H,7,8). The van der Waals surface area contributed by atoms with E-state index in [4.69, 9.17) is 67.8 Å². The largest absolute Gasteiger partial charge is 0.465 e. The van der Waals surface area contributed by atoms with Gasteiger partial charge >= 0.3 is 23.9 Å². The highest BCUT2D eigenvalue weighted by molar-refractivity contribution is 8.49. The zero-order valence-electron chi connectivity index (χ0n) is 77.3. The number of esters is 4. The number of carbonyl (C=O) groups is 7. The van der Waals surface area contributed by atoms with Crippen LogP contribution in [0.2, 0.25) is 0 Å². The lowest BCUT2D eigenvalue weighted by atomic mass is 9.87. The number of thiocarbonyl (C=S) groups is 4. The summed E-state index contributed by atoms with van der Waals surface area (Å²) in [7, 11) is 0. The third kappa shape index (κ3) is 75.3. The molecule has 0 rings (SSSR count). The number of hydrogen-bond acceptors (Lipinski definition) is 23. The molecule has 0 aliphatic rings. The predicted octanol–water partition coefficient (Wildman–Crippen LogP) is 28.5. The van der Waals surface area contributed by atoms with E-state index < -0.39 is 42.8 Å². The smallest absolute Gasteiger partial charge is 0.322 e. The molecule has 0 aromatic rings. The van der Waals surface area contributed by atoms with Crippen LogP contribution in [0.15, 0.2) is 12.7 Å². The molecule has 3 amide bonds. The van der Waals surface area contributed by atoms with Crippen molar-refractivity contribution in [3.8, 4) is 0 Å². The van der Waals surface area contributed by atoms with Gasteiger partial charge in [-0.2, -0.15) is 0 Å². The third-order valence-electron chi connectivity index (χ3n) is 19.1. The van der Waals surface area contributed by atoms with Crippen LogP contribution in [0.25, 0.3) is 0 Å². The van der Waals surface area contributed by atoms with Crippen LogP contribution in [0.3, 0.4) is 0 Å². The van der Waals surface area contributed by atoms with E-state index >= 15 is 0 Å². The minimum Gasteiger partial charge on any atom is -0.465 e. The number of hydrogen-bond donors (Lipinski definition) is 3. The second-order valence-electron chi connectivity index (χ2n) is 34.2. The molecule has 26 heteroatoms. The van der Waals surface area contributed by atoms with E-state index in [1.165, 1.54) is 284 Å². The normalized spacial score (nSPS) is 12.2. The van der Waals surface area contributed by atoms with Gasteiger partial charge < -0.3 is 34.9 Å². The minimum absolute atomic E-state index is 0.0430. The average molecular weight is 1880 g/mol. The average Bonchev–Trinajstić information content (AvgIpc) is 0.855. The van der Waals surface area contributed by atoms with E-state index in [2.05, 4.69) is 50.2 Å². The molecular weight excluding hydrogens is 1710 g/mol. The number of nitrogens with one attached hydrogen (secondary N) is 3. The van der Waals surface area contributed by atoms with E-state index in [0.29, 0.717) is 12.8 Å². The van der Waals surface area contributed by atoms with Gasteiger partial charge in [-0.05, 0) is 165 Å². The first-order chi connectivity index (χ1) is 56.0. The van der Waals surface area contributed by atoms with Gasteiger partial charge in [0.1, 0.15) is 23.6 Å². The number of rotatable bonds is 70. The molecule has 0 aliphatic heterocycles. The Hall–Kier alpha value is -0.810. The number of carbonyl (C=O) groups excluding carboxylic acids is 7. The molecule has 14 nitrogen and oxygen atoms in total. The lowest BCUT2D eigenvalue weighted by molar-refractivity contribution is -0.157. The fourth-order valence-corrected chi connectivity index (χ4v) is 23.8. The van der Waals surface area contributed by atoms with Crippen molar-refractivity contribution < 1.29 is 52.5 Å². The summed E-state index contributed by atoms with van der Waals surface area (Å²) in [5.41, 5.74) is -1.90. The second-order valence-corrected chi connectivity index (χ2v) is 49.0. The Morgan fingerprint density at radius 2 is 0.525 bits per heavy atom. The van der Waals surface area contributed by atoms with Gasteiger partial charge in [0.2, 0.25) is 17.7 Å². The van der Waals surface area contributed by atoms with Gasteiger partial charge in [-0.3, -0.25) is 33.6 Å². The Morgan fingerprint density at radius 1 is 0.314 bits per heavy atom. The molecule has 118 heavy (non-hydrogen) atoms. The van der Waals surface area contributed by atoms with Crippen LogP contribution in [-0.2, 0) is 52.5 Å². The highest BCUT2D eigenvalue weighted by Crippen LogP contribution is 2.38. The molecule has 0 aromatic carbocycles. The lowest BCUT2D eigenvalue weighted by Gasteiger charge is -2.28. The minimum atomic E-state index is -0.948. The highest BCUT2D eigenvalue weighted by atomic mass is 32.2. The van der Waals surface area contributed by atoms with E-state index in [0.717, 1.165) is 62.8 Å². The van der Waals surface area contributed by atoms with Crippen LogP contribution in [0.5, 0.6) is 0 Å². The summed E-state index contributed by atoms with van der Waals surface area (Å²) in [6.07, 6.45) is 54.6. The summed E-state index contributed by atoms with van der Waals surface area (Å²) < 4.78 is 23.8. The van der Waals surface area contributed by atoms with Gasteiger partial charge in [-0.25, -0.2) is 0 Å². The Morgan fingerprint density at radius 3 is 0.737 bits per heavy atom. The van der Waals surface area contributed by atoms with Gasteiger partial charge in [0.15, 0.2) is 0 Å². The molecule has 0 heterocycles. The van der Waals surface area contributed by atoms with E-state index in [1.807, 2.05) is 69.2 Å². The Balaban J connectivity index is -0.00000211. The summed E-state index contributed by atoms with van der Waals surface area (Å²) in [5.74, 6) is 2.03. The van der Waals surface area contributed by atoms with Crippen molar-refractivity contribution in [1.29, 1.82) is 0 Å². The molecule has 0 saturated heterocycles. The number of ether oxygens (including phenoxy) is 4. The SMILES string of the molecule is C=CC(=O)NC(C)C.CCCCCCCCCCCCSC(=S)SC(C)(C)C(=O)OCCCOC(=O)C(C)(C)SC(=S)SCCCCCCCCCCCC.CCCCCCCCCCCCSC(=S)SC(CC(C)(C)C(=O)OCCCOC(=O)C(C)(C)CC(SC(=S)SCCCCCCCCCCCC)C(=O)NC(C)C)C(=O)NC(C)C. The summed E-state index contributed by atoms with van der Waals surface area (Å²) in [6.45, 7) is 38.9. The fourth-order valence-electron chi connectivity index (χ4n) is 11.9. The predicted molar refractivity (Wildman–Crippen MR) is 544 cm³/mol. The van der Waals surface area contributed by atoms with Crippen molar-refractivity contribution in [3.05, 3.63) is 12.7 Å². The molecule has 0 fully saturated rings. The molecule has 690 valence electrons. The first-order valence-electron chi connectivity index (χ1n) is 45.6. The van der Waals surface area contributed by atoms with E-state index in [-0.39, 0.29) is 87.1 Å². The maximum absolute atomic E-state index is 13.3. The van der Waals surface area contributed by atoms with Crippen molar-refractivity contribution >= 4 is 199 Å². The van der Waals surface area contributed by atoms with Gasteiger partial charge in [-0.15, -0.1) is 47.0 Å². The monoisotopic (exact) mass is 1880 g/mol. The van der Waals surface area contributed by atoms with Crippen LogP contribution >= 0.6 is 143 Å². The summed E-state index contributed by atoms with van der Waals surface area (Å²) >= 11 is 34.6. The number of amides is 3. The Bertz CT molecular complexity index is 2510. The summed E-state index contributed by atoms with van der Waals surface area (Å²) in [5, 5.41) is 7.57. The number of unbranched alkanes of at least 4 members (excludes halogenated alkanes) is 36. The molecule has 0 bridgehead atoms. The zero-order chi connectivity index (χ0) is 89.3. The van der Waals surface area contributed by atoms with Crippen molar-refractivity contribution in [1.82, 2.24) is 16.0 Å². The molecule has 2 unspecified atom stereocenters. The molecule has 0 saturated carbocycles. The lowest BCUT2D eigenvalue weighted by Crippen LogP contribution is -2.41. The molecule has 2 atom stereocenters. The third-order valence-corrected chi connectivity index (χ3v) is 30.4. The van der Waals surface area contributed by atoms with E-state index in [9.17, 15) is 33.6 Å². The molecular formula is C92H169N3O11S12. The second kappa shape index (κ2) is 79.6. The van der Waals surface area contributed by atoms with Crippen LogP contribution in [-0.4, -0.2) is 143 Å². The van der Waals surface area contributed by atoms with Gasteiger partial charge in [0.05, 0.1) is 47.8 Å². The molecule has 0 aliphatic carbocycles. The van der Waals surface area contributed by atoms with Crippen molar-refractivity contribution in [3.63, 3.8) is 0 Å². The topological polar surface area (TPSA) is 192 Å². The quantitative estimate of drug-likeness (QED) is 0.0171.